The van der Waals surface area contributed by atoms with Gasteiger partial charge in [0.05, 0.1) is 12.1 Å². The van der Waals surface area contributed by atoms with Gasteiger partial charge in [0.25, 0.3) is 5.91 Å². The van der Waals surface area contributed by atoms with Crippen LogP contribution in [0.15, 0.2) is 73.1 Å². The van der Waals surface area contributed by atoms with Gasteiger partial charge in [-0.05, 0) is 101 Å². The number of Topliss-reactive ketones (excluding diaryl/α,β-unsaturated/α-hetero) is 1. The molecule has 0 aliphatic carbocycles. The van der Waals surface area contributed by atoms with E-state index in [1.165, 1.54) is 20.8 Å². The van der Waals surface area contributed by atoms with Gasteiger partial charge in [-0.1, -0.05) is 41.9 Å². The lowest BCUT2D eigenvalue weighted by Crippen LogP contribution is -2.60. The van der Waals surface area contributed by atoms with Crippen molar-refractivity contribution in [2.45, 2.75) is 95.0 Å². The Morgan fingerprint density at radius 1 is 0.737 bits per heavy atom. The first-order chi connectivity index (χ1) is 27.2. The molecule has 1 fully saturated rings. The largest absolute Gasteiger partial charge is 0.391 e. The zero-order valence-electron chi connectivity index (χ0n) is 32.1. The number of unbranched alkanes of at least 4 members (excludes halogenated alkanes) is 1. The highest BCUT2D eigenvalue weighted by atomic mass is 35.5. The van der Waals surface area contributed by atoms with Crippen molar-refractivity contribution in [2.24, 2.45) is 11.5 Å². The number of carbonyl (C=O) groups excluding carboxylic acids is 6. The first kappa shape index (κ1) is 44.5. The molecule has 0 saturated carbocycles. The van der Waals surface area contributed by atoms with Crippen LogP contribution in [0.25, 0.3) is 11.1 Å². The molecule has 2 heterocycles. The maximum Gasteiger partial charge on any atom is 0.251 e. The van der Waals surface area contributed by atoms with Gasteiger partial charge in [-0.25, -0.2) is 0 Å². The summed E-state index contributed by atoms with van der Waals surface area (Å²) in [5.74, 6) is -3.93. The van der Waals surface area contributed by atoms with Crippen LogP contribution < -0.4 is 38.1 Å². The van der Waals surface area contributed by atoms with E-state index >= 15 is 0 Å². The van der Waals surface area contributed by atoms with Gasteiger partial charge >= 0.3 is 0 Å². The van der Waals surface area contributed by atoms with Crippen molar-refractivity contribution < 1.29 is 38.6 Å². The number of halogens is 1. The number of ketones is 1. The minimum absolute atomic E-state index is 0.0177. The highest BCUT2D eigenvalue weighted by molar-refractivity contribution is 6.30. The van der Waals surface area contributed by atoms with Crippen LogP contribution in [0.3, 0.4) is 0 Å². The fraction of sp³-hybridized carbons (Fsp3) is 0.425. The average molecular weight is 807 g/mol. The molecule has 16 nitrogen and oxygen atoms in total. The summed E-state index contributed by atoms with van der Waals surface area (Å²) < 4.78 is 5.54. The van der Waals surface area contributed by atoms with Gasteiger partial charge in [0.2, 0.25) is 23.6 Å². The van der Waals surface area contributed by atoms with Gasteiger partial charge < -0.3 is 47.9 Å². The van der Waals surface area contributed by atoms with E-state index in [4.69, 9.17) is 27.8 Å². The fourth-order valence-corrected chi connectivity index (χ4v) is 6.10. The minimum Gasteiger partial charge on any atom is -0.391 e. The monoisotopic (exact) mass is 806 g/mol. The molecule has 2 aromatic carbocycles. The molecule has 0 bridgehead atoms. The first-order valence-electron chi connectivity index (χ1n) is 18.8. The Balaban J connectivity index is 1.33. The molecular weight excluding hydrogens is 756 g/mol. The number of carbonyl (C=O) groups is 6. The van der Waals surface area contributed by atoms with Crippen LogP contribution >= 0.6 is 11.6 Å². The lowest BCUT2D eigenvalue weighted by molar-refractivity contribution is -0.135. The van der Waals surface area contributed by atoms with Crippen molar-refractivity contribution in [2.75, 3.05) is 13.1 Å². The predicted octanol–water partition coefficient (Wildman–Crippen LogP) is 1.05. The van der Waals surface area contributed by atoms with Gasteiger partial charge in [0.15, 0.2) is 5.78 Å². The quantitative estimate of drug-likeness (QED) is 0.0557. The number of rotatable bonds is 21. The second-order valence-electron chi connectivity index (χ2n) is 13.9. The second kappa shape index (κ2) is 21.3. The minimum atomic E-state index is -1.53. The Morgan fingerprint density at radius 2 is 1.35 bits per heavy atom. The summed E-state index contributed by atoms with van der Waals surface area (Å²) in [6.07, 6.45) is 1.86. The third-order valence-electron chi connectivity index (χ3n) is 9.37. The molecule has 1 saturated heterocycles. The van der Waals surface area contributed by atoms with Crippen molar-refractivity contribution in [3.8, 4) is 11.1 Å². The number of hydrogen-bond acceptors (Lipinski definition) is 11. The van der Waals surface area contributed by atoms with Crippen molar-refractivity contribution >= 4 is 46.9 Å². The molecule has 3 aromatic rings. The number of aliphatic hydroxyl groups excluding tert-OH is 1. The molecular formula is C40H51ClN8O8. The molecule has 10 N–H and O–H groups in total. The number of amides is 5. The van der Waals surface area contributed by atoms with E-state index in [1.807, 2.05) is 12.1 Å². The second-order valence-corrected chi connectivity index (χ2v) is 14.3. The maximum absolute atomic E-state index is 13.4. The van der Waals surface area contributed by atoms with E-state index in [1.54, 1.807) is 60.9 Å². The Morgan fingerprint density at radius 3 is 1.95 bits per heavy atom. The summed E-state index contributed by atoms with van der Waals surface area (Å²) in [7, 11) is 0. The van der Waals surface area contributed by atoms with E-state index in [-0.39, 0.29) is 30.7 Å². The number of aromatic nitrogens is 1. The summed E-state index contributed by atoms with van der Waals surface area (Å²) in [6.45, 7) is 4.55. The van der Waals surface area contributed by atoms with Crippen LogP contribution in [0, 0.1) is 0 Å². The van der Waals surface area contributed by atoms with Crippen LogP contribution in [-0.2, 0) is 28.7 Å². The van der Waals surface area contributed by atoms with Gasteiger partial charge in [0, 0.05) is 28.5 Å². The molecule has 0 spiro atoms. The predicted molar refractivity (Wildman–Crippen MR) is 212 cm³/mol. The molecule has 0 radical (unpaired) electrons. The Bertz CT molecular complexity index is 1850. The summed E-state index contributed by atoms with van der Waals surface area (Å²) in [4.78, 5) is 83.6. The Kier molecular flexibility index (Phi) is 16.6. The highest BCUT2D eigenvalue weighted by Gasteiger charge is 2.48. The van der Waals surface area contributed by atoms with E-state index in [0.29, 0.717) is 24.4 Å². The number of nitrogens with one attached hydrogen (secondary N) is 5. The standard InChI is InChI=1S/C40H51ClN8O8/c1-22(33(51)35-34(57-35)28-7-6-20-44-21-28)45-38(54)30(8-4-5-18-42)47-36(52)23(2)46-40(56)32(24(3)50)49-39(55)31(17-19-43)48-37(53)27-11-9-25(10-12-27)26-13-15-29(41)16-14-26/h6-7,9-16,20-24,30-32,34-35,50H,4-5,8,17-19,42-43H2,1-3H3,(H,45,54)(H,46,56)(H,47,52)(H,48,53)(H,49,55)/t22-,23-,24+,30-,31-,32-,34?,35?/m0/s1. The van der Waals surface area contributed by atoms with Crippen LogP contribution in [0.4, 0.5) is 0 Å². The van der Waals surface area contributed by atoms with Gasteiger partial charge in [-0.15, -0.1) is 0 Å². The highest BCUT2D eigenvalue weighted by Crippen LogP contribution is 2.39. The third kappa shape index (κ3) is 12.9. The number of epoxide rings is 1. The molecule has 2 unspecified atom stereocenters. The number of hydrogen-bond donors (Lipinski definition) is 8. The lowest BCUT2D eigenvalue weighted by atomic mass is 10.0. The molecule has 5 amide bonds. The molecule has 8 atom stereocenters. The number of nitrogens with two attached hydrogens (primary N) is 2. The van der Waals surface area contributed by atoms with E-state index in [9.17, 15) is 33.9 Å². The van der Waals surface area contributed by atoms with Gasteiger partial charge in [0.1, 0.15) is 36.4 Å². The van der Waals surface area contributed by atoms with Gasteiger partial charge in [-0.3, -0.25) is 33.8 Å². The molecule has 4 rings (SSSR count). The summed E-state index contributed by atoms with van der Waals surface area (Å²) >= 11 is 5.98. The summed E-state index contributed by atoms with van der Waals surface area (Å²) in [5.41, 5.74) is 14.1. The summed E-state index contributed by atoms with van der Waals surface area (Å²) in [6, 6.07) is 11.5. The molecule has 1 aliphatic heterocycles. The van der Waals surface area contributed by atoms with Crippen LogP contribution in [0.5, 0.6) is 0 Å². The number of aliphatic hydroxyl groups is 1. The third-order valence-corrected chi connectivity index (χ3v) is 9.62. The van der Waals surface area contributed by atoms with E-state index in [2.05, 4.69) is 31.6 Å². The summed E-state index contributed by atoms with van der Waals surface area (Å²) in [5, 5.41) is 23.9. The smallest absolute Gasteiger partial charge is 0.251 e. The van der Waals surface area contributed by atoms with Crippen LogP contribution in [0.1, 0.15) is 68.5 Å². The van der Waals surface area contributed by atoms with E-state index in [0.717, 1.165) is 16.7 Å². The molecule has 1 aliphatic rings. The van der Waals surface area contributed by atoms with Crippen LogP contribution in [-0.4, -0.2) is 101 Å². The topological polar surface area (TPSA) is 260 Å². The fourth-order valence-electron chi connectivity index (χ4n) is 5.98. The zero-order valence-corrected chi connectivity index (χ0v) is 32.8. The molecule has 1 aromatic heterocycles. The number of nitrogens with zero attached hydrogens (tertiary/aromatic N) is 1. The van der Waals surface area contributed by atoms with Crippen molar-refractivity contribution in [3.63, 3.8) is 0 Å². The zero-order chi connectivity index (χ0) is 41.6. The van der Waals surface area contributed by atoms with Crippen molar-refractivity contribution in [3.05, 3.63) is 89.2 Å². The van der Waals surface area contributed by atoms with Crippen LogP contribution in [0.2, 0.25) is 5.02 Å². The van der Waals surface area contributed by atoms with Crippen molar-refractivity contribution in [1.29, 1.82) is 0 Å². The average Bonchev–Trinajstić information content (AvgIpc) is 4.00. The first-order valence-corrected chi connectivity index (χ1v) is 19.2. The number of benzene rings is 2. The SMILES string of the molecule is C[C@H](NC(=O)[C@@H](NC(=O)[C@H](CCN)NC(=O)c1ccc(-c2ccc(Cl)cc2)cc1)[C@@H](C)O)C(=O)N[C@@H](CCCCN)C(=O)N[C@@H](C)C(=O)C1OC1c1cccnc1. The Hall–Kier alpha value is -5.26. The van der Waals surface area contributed by atoms with E-state index < -0.39 is 78.1 Å². The normalized spacial score (nSPS) is 17.7. The number of ether oxygens (including phenoxy) is 1. The Labute approximate surface area is 336 Å². The lowest BCUT2D eigenvalue weighted by Gasteiger charge is -2.26. The molecule has 57 heavy (non-hydrogen) atoms. The maximum atomic E-state index is 13.4. The van der Waals surface area contributed by atoms with Gasteiger partial charge in [-0.2, -0.15) is 0 Å². The molecule has 306 valence electrons. The molecule has 17 heteroatoms. The number of pyridine rings is 1. The van der Waals surface area contributed by atoms with Crippen molar-refractivity contribution in [1.82, 2.24) is 31.6 Å².